The van der Waals surface area contributed by atoms with Crippen molar-refractivity contribution in [2.24, 2.45) is 0 Å². The average Bonchev–Trinajstić information content (AvgIpc) is 2.84. The van der Waals surface area contributed by atoms with Gasteiger partial charge in [0, 0.05) is 5.69 Å². The van der Waals surface area contributed by atoms with Crippen LogP contribution < -0.4 is 9.64 Å². The summed E-state index contributed by atoms with van der Waals surface area (Å²) >= 11 is 1.68. The van der Waals surface area contributed by atoms with Crippen LogP contribution in [0, 0.1) is 6.92 Å². The molecule has 1 amide bonds. The predicted molar refractivity (Wildman–Crippen MR) is 91.5 cm³/mol. The third kappa shape index (κ3) is 2.71. The Morgan fingerprint density at radius 1 is 1.05 bits per heavy atom. The second-order valence-electron chi connectivity index (χ2n) is 5.45. The summed E-state index contributed by atoms with van der Waals surface area (Å²) < 4.78 is 5.21. The van der Waals surface area contributed by atoms with Crippen molar-refractivity contribution < 1.29 is 9.53 Å². The molecule has 4 heteroatoms. The molecule has 0 N–H and O–H groups in total. The number of aryl methyl sites for hydroxylation is 1. The van der Waals surface area contributed by atoms with Crippen molar-refractivity contribution in [2.45, 2.75) is 24.5 Å². The molecule has 1 aliphatic rings. The van der Waals surface area contributed by atoms with Gasteiger partial charge in [0.15, 0.2) is 0 Å². The number of anilines is 1. The topological polar surface area (TPSA) is 29.5 Å². The van der Waals surface area contributed by atoms with Crippen LogP contribution in [0.15, 0.2) is 48.5 Å². The number of hydrogen-bond acceptors (Lipinski definition) is 3. The summed E-state index contributed by atoms with van der Waals surface area (Å²) in [6, 6.07) is 16.1. The van der Waals surface area contributed by atoms with Crippen molar-refractivity contribution in [3.63, 3.8) is 0 Å². The van der Waals surface area contributed by atoms with Crippen molar-refractivity contribution in [1.29, 1.82) is 0 Å². The molecular formula is C18H19NO2S. The van der Waals surface area contributed by atoms with Gasteiger partial charge < -0.3 is 4.74 Å². The normalized spacial score (nSPS) is 21.2. The largest absolute Gasteiger partial charge is 0.497 e. The molecule has 22 heavy (non-hydrogen) atoms. The fourth-order valence-corrected chi connectivity index (χ4v) is 3.87. The first-order valence-corrected chi connectivity index (χ1v) is 8.23. The maximum Gasteiger partial charge on any atom is 0.241 e. The summed E-state index contributed by atoms with van der Waals surface area (Å²) in [5, 5.41) is -0.0236. The highest BCUT2D eigenvalue weighted by Gasteiger charge is 2.39. The van der Waals surface area contributed by atoms with Crippen molar-refractivity contribution in [2.75, 3.05) is 12.0 Å². The summed E-state index contributed by atoms with van der Waals surface area (Å²) in [6.07, 6.45) is 0. The predicted octanol–water partition coefficient (Wildman–Crippen LogP) is 4.17. The Hall–Kier alpha value is -1.94. The molecule has 3 rings (SSSR count). The lowest BCUT2D eigenvalue weighted by Crippen LogP contribution is -2.30. The second kappa shape index (κ2) is 6.05. The smallest absolute Gasteiger partial charge is 0.241 e. The zero-order chi connectivity index (χ0) is 15.7. The molecule has 2 unspecified atom stereocenters. The number of methoxy groups -OCH3 is 1. The van der Waals surface area contributed by atoms with Crippen LogP contribution in [0.4, 0.5) is 5.69 Å². The highest BCUT2D eigenvalue weighted by Crippen LogP contribution is 2.45. The molecule has 0 bridgehead atoms. The van der Waals surface area contributed by atoms with Crippen molar-refractivity contribution in [1.82, 2.24) is 0 Å². The Balaban J connectivity index is 1.97. The molecule has 3 nitrogen and oxygen atoms in total. The zero-order valence-corrected chi connectivity index (χ0v) is 13.8. The van der Waals surface area contributed by atoms with Crippen LogP contribution in [0.5, 0.6) is 5.75 Å². The molecule has 2 atom stereocenters. The van der Waals surface area contributed by atoms with Crippen molar-refractivity contribution >= 4 is 23.4 Å². The minimum atomic E-state index is -0.0339. The Morgan fingerprint density at radius 3 is 2.27 bits per heavy atom. The van der Waals surface area contributed by atoms with Crippen LogP contribution in [-0.4, -0.2) is 18.3 Å². The lowest BCUT2D eigenvalue weighted by Gasteiger charge is -2.24. The number of thioether (sulfide) groups is 1. The van der Waals surface area contributed by atoms with Crippen LogP contribution >= 0.6 is 11.8 Å². The van der Waals surface area contributed by atoms with Gasteiger partial charge in [0.25, 0.3) is 0 Å². The van der Waals surface area contributed by atoms with Gasteiger partial charge in [-0.05, 0) is 43.7 Å². The van der Waals surface area contributed by atoms with Gasteiger partial charge in [-0.25, -0.2) is 0 Å². The number of carbonyl (C=O) groups excluding carboxylic acids is 1. The lowest BCUT2D eigenvalue weighted by atomic mass is 10.1. The fourth-order valence-electron chi connectivity index (χ4n) is 2.59. The number of benzene rings is 2. The van der Waals surface area contributed by atoms with Crippen molar-refractivity contribution in [3.8, 4) is 5.75 Å². The second-order valence-corrected chi connectivity index (χ2v) is 6.87. The van der Waals surface area contributed by atoms with E-state index in [0.717, 1.165) is 17.0 Å². The molecular weight excluding hydrogens is 294 g/mol. The molecule has 1 saturated heterocycles. The Kier molecular flexibility index (Phi) is 4.12. The molecule has 1 heterocycles. The van der Waals surface area contributed by atoms with Gasteiger partial charge in [-0.2, -0.15) is 0 Å². The Morgan fingerprint density at radius 2 is 1.68 bits per heavy atom. The number of rotatable bonds is 3. The van der Waals surface area contributed by atoms with Crippen LogP contribution in [0.2, 0.25) is 0 Å². The van der Waals surface area contributed by atoms with E-state index in [1.54, 1.807) is 18.9 Å². The van der Waals surface area contributed by atoms with Gasteiger partial charge in [-0.15, -0.1) is 11.8 Å². The van der Waals surface area contributed by atoms with Crippen LogP contribution in [0.3, 0.4) is 0 Å². The summed E-state index contributed by atoms with van der Waals surface area (Å²) in [5.74, 6) is 0.989. The Bertz CT molecular complexity index is 666. The molecule has 2 aromatic rings. The molecule has 0 saturated carbocycles. The maximum absolute atomic E-state index is 12.6. The van der Waals surface area contributed by atoms with E-state index in [2.05, 4.69) is 0 Å². The average molecular weight is 313 g/mol. The van der Waals surface area contributed by atoms with E-state index < -0.39 is 0 Å². The van der Waals surface area contributed by atoms with Gasteiger partial charge >= 0.3 is 0 Å². The van der Waals surface area contributed by atoms with E-state index in [4.69, 9.17) is 4.74 Å². The van der Waals surface area contributed by atoms with Gasteiger partial charge in [0.2, 0.25) is 5.91 Å². The number of hydrogen-bond donors (Lipinski definition) is 0. The van der Waals surface area contributed by atoms with Gasteiger partial charge in [-0.1, -0.05) is 29.8 Å². The quantitative estimate of drug-likeness (QED) is 0.851. The number of ether oxygens (including phenoxy) is 1. The molecule has 0 aliphatic carbocycles. The van der Waals surface area contributed by atoms with E-state index in [-0.39, 0.29) is 16.5 Å². The van der Waals surface area contributed by atoms with Gasteiger partial charge in [0.05, 0.1) is 12.4 Å². The van der Waals surface area contributed by atoms with E-state index in [0.29, 0.717) is 0 Å². The van der Waals surface area contributed by atoms with Gasteiger partial charge in [-0.3, -0.25) is 9.69 Å². The third-order valence-electron chi connectivity index (χ3n) is 3.87. The Labute approximate surface area is 135 Å². The lowest BCUT2D eigenvalue weighted by molar-refractivity contribution is -0.117. The van der Waals surface area contributed by atoms with E-state index in [1.165, 1.54) is 5.56 Å². The molecule has 0 aromatic heterocycles. The zero-order valence-electron chi connectivity index (χ0n) is 12.9. The summed E-state index contributed by atoms with van der Waals surface area (Å²) in [4.78, 5) is 14.5. The van der Waals surface area contributed by atoms with Crippen LogP contribution in [0.25, 0.3) is 0 Å². The first kappa shape index (κ1) is 15.0. The van der Waals surface area contributed by atoms with Crippen molar-refractivity contribution in [3.05, 3.63) is 59.7 Å². The minimum absolute atomic E-state index is 0.0103. The number of carbonyl (C=O) groups is 1. The fraction of sp³-hybridized carbons (Fsp3) is 0.278. The number of nitrogens with zero attached hydrogens (tertiary/aromatic N) is 1. The SMILES string of the molecule is COc1ccc(C2SC(C)C(=O)N2c2ccc(C)cc2)cc1. The first-order valence-electron chi connectivity index (χ1n) is 7.29. The summed E-state index contributed by atoms with van der Waals surface area (Å²) in [7, 11) is 1.66. The molecule has 0 radical (unpaired) electrons. The first-order chi connectivity index (χ1) is 10.6. The standard InChI is InChI=1S/C18H19NO2S/c1-12-4-8-15(9-5-12)19-17(20)13(2)22-18(19)14-6-10-16(21-3)11-7-14/h4-11,13,18H,1-3H3. The third-order valence-corrected chi connectivity index (χ3v) is 5.22. The van der Waals surface area contributed by atoms with E-state index in [1.807, 2.05) is 67.3 Å². The van der Waals surface area contributed by atoms with E-state index >= 15 is 0 Å². The maximum atomic E-state index is 12.6. The monoisotopic (exact) mass is 313 g/mol. The summed E-state index contributed by atoms with van der Waals surface area (Å²) in [6.45, 7) is 4.02. The van der Waals surface area contributed by atoms with Crippen LogP contribution in [-0.2, 0) is 4.79 Å². The molecule has 0 spiro atoms. The van der Waals surface area contributed by atoms with Crippen LogP contribution in [0.1, 0.15) is 23.4 Å². The molecule has 114 valence electrons. The number of amides is 1. The highest BCUT2D eigenvalue weighted by molar-refractivity contribution is 8.01. The summed E-state index contributed by atoms with van der Waals surface area (Å²) in [5.41, 5.74) is 3.26. The molecule has 2 aromatic carbocycles. The molecule has 1 fully saturated rings. The van der Waals surface area contributed by atoms with Gasteiger partial charge in [0.1, 0.15) is 11.1 Å². The minimum Gasteiger partial charge on any atom is -0.497 e. The van der Waals surface area contributed by atoms with E-state index in [9.17, 15) is 4.79 Å². The molecule has 1 aliphatic heterocycles. The highest BCUT2D eigenvalue weighted by atomic mass is 32.2.